The van der Waals surface area contributed by atoms with E-state index in [2.05, 4.69) is 19.2 Å². The van der Waals surface area contributed by atoms with Gasteiger partial charge in [0, 0.05) is 18.7 Å². The van der Waals surface area contributed by atoms with E-state index in [4.69, 9.17) is 10.5 Å². The van der Waals surface area contributed by atoms with Crippen molar-refractivity contribution in [3.05, 3.63) is 0 Å². The number of rotatable bonds is 5. The zero-order valence-corrected chi connectivity index (χ0v) is 9.51. The highest BCUT2D eigenvalue weighted by Crippen LogP contribution is 2.26. The lowest BCUT2D eigenvalue weighted by Crippen LogP contribution is -2.56. The topological polar surface area (TPSA) is 47.3 Å². The Labute approximate surface area is 87.4 Å². The van der Waals surface area contributed by atoms with Gasteiger partial charge in [-0.25, -0.2) is 0 Å². The molecule has 0 spiro atoms. The van der Waals surface area contributed by atoms with E-state index in [-0.39, 0.29) is 5.54 Å². The molecular weight excluding hydrogens is 176 g/mol. The number of nitrogens with two attached hydrogens (primary N) is 1. The Balaban J connectivity index is 2.49. The maximum Gasteiger partial charge on any atom is 0.0593 e. The zero-order chi connectivity index (χ0) is 10.4. The van der Waals surface area contributed by atoms with E-state index in [0.29, 0.717) is 6.10 Å². The van der Waals surface area contributed by atoms with Crippen molar-refractivity contribution in [2.24, 2.45) is 5.73 Å². The van der Waals surface area contributed by atoms with Crippen LogP contribution in [-0.2, 0) is 4.74 Å². The molecule has 84 valence electrons. The molecule has 1 aliphatic heterocycles. The van der Waals surface area contributed by atoms with Gasteiger partial charge in [-0.05, 0) is 25.8 Å². The molecule has 1 heterocycles. The molecule has 1 rings (SSSR count). The maximum absolute atomic E-state index is 5.86. The van der Waals surface area contributed by atoms with Crippen molar-refractivity contribution in [3.8, 4) is 0 Å². The third-order valence-corrected chi connectivity index (χ3v) is 3.11. The summed E-state index contributed by atoms with van der Waals surface area (Å²) in [6, 6.07) is 0. The van der Waals surface area contributed by atoms with Crippen molar-refractivity contribution in [1.82, 2.24) is 5.32 Å². The lowest BCUT2D eigenvalue weighted by atomic mass is 9.85. The Kier molecular flexibility index (Phi) is 4.85. The molecule has 1 fully saturated rings. The third kappa shape index (κ3) is 2.94. The number of likely N-dealkylation sites (N-methyl/N-ethyl adjacent to an activating group) is 1. The van der Waals surface area contributed by atoms with Crippen LogP contribution in [0.5, 0.6) is 0 Å². The Morgan fingerprint density at radius 2 is 2.29 bits per heavy atom. The second-order valence-corrected chi connectivity index (χ2v) is 4.25. The quantitative estimate of drug-likeness (QED) is 0.702. The van der Waals surface area contributed by atoms with Crippen LogP contribution in [0.2, 0.25) is 0 Å². The summed E-state index contributed by atoms with van der Waals surface area (Å²) in [5.41, 5.74) is 6.01. The molecule has 14 heavy (non-hydrogen) atoms. The molecule has 2 atom stereocenters. The van der Waals surface area contributed by atoms with Crippen LogP contribution in [0.3, 0.4) is 0 Å². The van der Waals surface area contributed by atoms with E-state index in [1.165, 1.54) is 6.42 Å². The van der Waals surface area contributed by atoms with Gasteiger partial charge >= 0.3 is 0 Å². The van der Waals surface area contributed by atoms with Crippen LogP contribution in [0.25, 0.3) is 0 Å². The molecule has 0 saturated carbocycles. The van der Waals surface area contributed by atoms with E-state index in [0.717, 1.165) is 39.0 Å². The zero-order valence-electron chi connectivity index (χ0n) is 9.51. The van der Waals surface area contributed by atoms with E-state index >= 15 is 0 Å². The van der Waals surface area contributed by atoms with Gasteiger partial charge in [0.1, 0.15) is 0 Å². The first-order valence-corrected chi connectivity index (χ1v) is 5.83. The predicted molar refractivity (Wildman–Crippen MR) is 59.3 cm³/mol. The summed E-state index contributed by atoms with van der Waals surface area (Å²) < 4.78 is 5.73. The molecule has 0 aromatic heterocycles. The summed E-state index contributed by atoms with van der Waals surface area (Å²) >= 11 is 0. The fourth-order valence-corrected chi connectivity index (χ4v) is 2.32. The van der Waals surface area contributed by atoms with Gasteiger partial charge in [0.15, 0.2) is 0 Å². The smallest absolute Gasteiger partial charge is 0.0593 e. The summed E-state index contributed by atoms with van der Waals surface area (Å²) in [6.07, 6.45) is 4.89. The molecule has 0 amide bonds. The fraction of sp³-hybridized carbons (Fsp3) is 1.00. The summed E-state index contributed by atoms with van der Waals surface area (Å²) in [4.78, 5) is 0. The van der Waals surface area contributed by atoms with Crippen LogP contribution >= 0.6 is 0 Å². The molecule has 3 heteroatoms. The molecule has 0 aliphatic carbocycles. The first-order chi connectivity index (χ1) is 6.76. The van der Waals surface area contributed by atoms with Gasteiger partial charge in [0.05, 0.1) is 6.10 Å². The van der Waals surface area contributed by atoms with Crippen molar-refractivity contribution in [2.45, 2.75) is 51.2 Å². The average molecular weight is 200 g/mol. The molecule has 2 unspecified atom stereocenters. The van der Waals surface area contributed by atoms with Crippen molar-refractivity contribution >= 4 is 0 Å². The van der Waals surface area contributed by atoms with Gasteiger partial charge in [0.25, 0.3) is 0 Å². The van der Waals surface area contributed by atoms with Crippen molar-refractivity contribution in [3.63, 3.8) is 0 Å². The Hall–Kier alpha value is -0.120. The van der Waals surface area contributed by atoms with Crippen LogP contribution < -0.4 is 11.1 Å². The van der Waals surface area contributed by atoms with Crippen LogP contribution in [-0.4, -0.2) is 31.3 Å². The number of nitrogens with one attached hydrogen (secondary N) is 1. The van der Waals surface area contributed by atoms with Gasteiger partial charge < -0.3 is 15.8 Å². The molecule has 3 nitrogen and oxygen atoms in total. The largest absolute Gasteiger partial charge is 0.378 e. The van der Waals surface area contributed by atoms with Crippen LogP contribution in [0, 0.1) is 0 Å². The third-order valence-electron chi connectivity index (χ3n) is 3.11. The molecule has 3 N–H and O–H groups in total. The normalized spacial score (nSPS) is 33.2. The minimum absolute atomic E-state index is 0.146. The number of ether oxygens (including phenoxy) is 1. The van der Waals surface area contributed by atoms with Gasteiger partial charge in [0.2, 0.25) is 0 Å². The fourth-order valence-electron chi connectivity index (χ4n) is 2.32. The van der Waals surface area contributed by atoms with Crippen LogP contribution in [0.1, 0.15) is 39.5 Å². The average Bonchev–Trinajstić information content (AvgIpc) is 2.19. The maximum atomic E-state index is 5.86. The monoisotopic (exact) mass is 200 g/mol. The second kappa shape index (κ2) is 5.69. The van der Waals surface area contributed by atoms with Crippen molar-refractivity contribution in [1.29, 1.82) is 0 Å². The molecule has 0 aromatic rings. The number of hydrogen-bond donors (Lipinski definition) is 2. The molecule has 0 radical (unpaired) electrons. The first-order valence-electron chi connectivity index (χ1n) is 5.83. The molecule has 0 aromatic carbocycles. The van der Waals surface area contributed by atoms with Crippen molar-refractivity contribution in [2.75, 3.05) is 19.7 Å². The standard InChI is InChI=1S/C11H24N2O/c1-3-5-10-8-11(9-12,13-4-2)6-7-14-10/h10,13H,3-9,12H2,1-2H3. The van der Waals surface area contributed by atoms with Crippen LogP contribution in [0.4, 0.5) is 0 Å². The van der Waals surface area contributed by atoms with Gasteiger partial charge in [-0.2, -0.15) is 0 Å². The van der Waals surface area contributed by atoms with Gasteiger partial charge in [-0.15, -0.1) is 0 Å². The van der Waals surface area contributed by atoms with E-state index < -0.39 is 0 Å². The van der Waals surface area contributed by atoms with E-state index in [1.807, 2.05) is 0 Å². The first kappa shape index (κ1) is 12.0. The summed E-state index contributed by atoms with van der Waals surface area (Å²) in [7, 11) is 0. The lowest BCUT2D eigenvalue weighted by Gasteiger charge is -2.41. The molecule has 0 bridgehead atoms. The molecule has 1 aliphatic rings. The van der Waals surface area contributed by atoms with Gasteiger partial charge in [-0.3, -0.25) is 0 Å². The minimum Gasteiger partial charge on any atom is -0.378 e. The lowest BCUT2D eigenvalue weighted by molar-refractivity contribution is -0.0301. The van der Waals surface area contributed by atoms with E-state index in [9.17, 15) is 0 Å². The predicted octanol–water partition coefficient (Wildman–Crippen LogP) is 1.27. The molecule has 1 saturated heterocycles. The highest BCUT2D eigenvalue weighted by Gasteiger charge is 2.34. The highest BCUT2D eigenvalue weighted by molar-refractivity contribution is 4.93. The van der Waals surface area contributed by atoms with Gasteiger partial charge in [-0.1, -0.05) is 20.3 Å². The summed E-state index contributed by atoms with van der Waals surface area (Å²) in [6.45, 7) is 6.92. The Bertz CT molecular complexity index is 157. The van der Waals surface area contributed by atoms with Crippen molar-refractivity contribution < 1.29 is 4.74 Å². The van der Waals surface area contributed by atoms with Crippen LogP contribution in [0.15, 0.2) is 0 Å². The summed E-state index contributed by atoms with van der Waals surface area (Å²) in [5.74, 6) is 0. The Morgan fingerprint density at radius 1 is 1.50 bits per heavy atom. The number of hydrogen-bond acceptors (Lipinski definition) is 3. The van der Waals surface area contributed by atoms with E-state index in [1.54, 1.807) is 0 Å². The Morgan fingerprint density at radius 3 is 2.86 bits per heavy atom. The minimum atomic E-state index is 0.146. The summed E-state index contributed by atoms with van der Waals surface area (Å²) in [5, 5.41) is 3.53. The highest BCUT2D eigenvalue weighted by atomic mass is 16.5. The molecular formula is C11H24N2O. The second-order valence-electron chi connectivity index (χ2n) is 4.25. The SMILES string of the molecule is CCCC1CC(CN)(NCC)CCO1.